The fraction of sp³-hybridized carbons (Fsp3) is 0.148. The van der Waals surface area contributed by atoms with Crippen molar-refractivity contribution < 1.29 is 9.53 Å². The van der Waals surface area contributed by atoms with E-state index >= 15 is 0 Å². The number of tetrazole rings is 1. The lowest BCUT2D eigenvalue weighted by molar-refractivity contribution is -0.119. The maximum absolute atomic E-state index is 11.6. The van der Waals surface area contributed by atoms with E-state index in [2.05, 4.69) is 55.2 Å². The first-order valence-electron chi connectivity index (χ1n) is 11.4. The molecule has 2 N–H and O–H groups in total. The van der Waals surface area contributed by atoms with Crippen LogP contribution >= 0.6 is 11.8 Å². The lowest BCUT2D eigenvalue weighted by atomic mass is 10.0. The van der Waals surface area contributed by atoms with Gasteiger partial charge in [0.05, 0.1) is 11.2 Å². The van der Waals surface area contributed by atoms with E-state index in [9.17, 15) is 4.79 Å². The highest BCUT2D eigenvalue weighted by molar-refractivity contribution is 7.98. The van der Waals surface area contributed by atoms with E-state index in [4.69, 9.17) is 4.74 Å². The fourth-order valence-electron chi connectivity index (χ4n) is 3.74. The molecule has 8 nitrogen and oxygen atoms in total. The third-order valence-corrected chi connectivity index (χ3v) is 6.64. The van der Waals surface area contributed by atoms with Crippen LogP contribution in [0.3, 0.4) is 0 Å². The maximum Gasteiger partial charge on any atom is 0.217 e. The van der Waals surface area contributed by atoms with Gasteiger partial charge < -0.3 is 10.1 Å². The summed E-state index contributed by atoms with van der Waals surface area (Å²) in [5.74, 6) is 1.88. The van der Waals surface area contributed by atoms with Crippen LogP contribution in [-0.4, -0.2) is 31.5 Å². The smallest absolute Gasteiger partial charge is 0.217 e. The number of hydrogen-bond acceptors (Lipinski definition) is 7. The summed E-state index contributed by atoms with van der Waals surface area (Å²) in [6, 6.07) is 27.8. The zero-order valence-electron chi connectivity index (χ0n) is 19.6. The predicted octanol–water partition coefficient (Wildman–Crippen LogP) is 4.84. The average Bonchev–Trinajstić information content (AvgIpc) is 3.45. The van der Waals surface area contributed by atoms with Gasteiger partial charge in [-0.15, -0.1) is 22.0 Å². The standard InChI is InChI=1S/C27H24N6O2S/c1-18(34)28-26(27-30-32-33-31-27)21-8-6-19(7-9-21)17-36-24-14-12-23(13-15-24)35-16-22-11-10-20-4-2-3-5-25(20)29-22/h2-15,26H,16-17H2,1H3,(H,28,34)(H,30,31,32,33). The van der Waals surface area contributed by atoms with Crippen molar-refractivity contribution in [3.63, 3.8) is 0 Å². The second-order valence-corrected chi connectivity index (χ2v) is 9.24. The van der Waals surface area contributed by atoms with Crippen LogP contribution in [0.4, 0.5) is 0 Å². The highest BCUT2D eigenvalue weighted by atomic mass is 32.2. The molecule has 5 aromatic rings. The highest BCUT2D eigenvalue weighted by Gasteiger charge is 2.19. The average molecular weight is 497 g/mol. The number of ether oxygens (including phenoxy) is 1. The summed E-state index contributed by atoms with van der Waals surface area (Å²) < 4.78 is 5.93. The minimum absolute atomic E-state index is 0.162. The molecule has 3 aromatic carbocycles. The Hall–Kier alpha value is -4.24. The number of thioether (sulfide) groups is 1. The van der Waals surface area contributed by atoms with Gasteiger partial charge in [0.1, 0.15) is 18.4 Å². The molecule has 0 saturated carbocycles. The van der Waals surface area contributed by atoms with E-state index in [0.717, 1.165) is 38.6 Å². The Kier molecular flexibility index (Phi) is 7.18. The number of rotatable bonds is 9. The first kappa shape index (κ1) is 23.5. The zero-order valence-corrected chi connectivity index (χ0v) is 20.4. The van der Waals surface area contributed by atoms with Crippen molar-refractivity contribution in [1.82, 2.24) is 30.9 Å². The molecule has 1 unspecified atom stereocenters. The fourth-order valence-corrected chi connectivity index (χ4v) is 4.60. The van der Waals surface area contributed by atoms with Gasteiger partial charge in [0.15, 0.2) is 0 Å². The van der Waals surface area contributed by atoms with E-state index in [1.807, 2.05) is 60.7 Å². The van der Waals surface area contributed by atoms with Crippen molar-refractivity contribution >= 4 is 28.6 Å². The third kappa shape index (κ3) is 5.87. The summed E-state index contributed by atoms with van der Waals surface area (Å²) in [6.45, 7) is 1.89. The van der Waals surface area contributed by atoms with E-state index in [1.165, 1.54) is 12.5 Å². The number of fused-ring (bicyclic) bond motifs is 1. The molecule has 180 valence electrons. The lowest BCUT2D eigenvalue weighted by Gasteiger charge is -2.15. The van der Waals surface area contributed by atoms with Gasteiger partial charge in [-0.1, -0.05) is 53.7 Å². The molecule has 0 radical (unpaired) electrons. The molecule has 0 aliphatic rings. The lowest BCUT2D eigenvalue weighted by Crippen LogP contribution is -2.27. The molecule has 0 saturated heterocycles. The number of pyridine rings is 1. The molecule has 0 spiro atoms. The molecule has 2 aromatic heterocycles. The van der Waals surface area contributed by atoms with Gasteiger partial charge in [-0.05, 0) is 47.5 Å². The molecular weight excluding hydrogens is 472 g/mol. The van der Waals surface area contributed by atoms with Gasteiger partial charge in [-0.2, -0.15) is 5.21 Å². The molecule has 5 rings (SSSR count). The van der Waals surface area contributed by atoms with Gasteiger partial charge in [0.2, 0.25) is 11.7 Å². The summed E-state index contributed by atoms with van der Waals surface area (Å²) >= 11 is 1.74. The van der Waals surface area contributed by atoms with Crippen LogP contribution in [0, 0.1) is 0 Å². The minimum atomic E-state index is -0.444. The van der Waals surface area contributed by atoms with Crippen molar-refractivity contribution in [2.45, 2.75) is 30.2 Å². The van der Waals surface area contributed by atoms with Crippen molar-refractivity contribution in [2.24, 2.45) is 0 Å². The van der Waals surface area contributed by atoms with Gasteiger partial charge in [-0.25, -0.2) is 4.98 Å². The maximum atomic E-state index is 11.6. The first-order valence-corrected chi connectivity index (χ1v) is 12.4. The van der Waals surface area contributed by atoms with Crippen molar-refractivity contribution in [1.29, 1.82) is 0 Å². The number of amides is 1. The Morgan fingerprint density at radius 3 is 2.56 bits per heavy atom. The normalized spacial score (nSPS) is 11.8. The van der Waals surface area contributed by atoms with E-state index in [0.29, 0.717) is 12.4 Å². The quantitative estimate of drug-likeness (QED) is 0.281. The number of carbonyl (C=O) groups is 1. The number of aromatic amines is 1. The molecule has 0 bridgehead atoms. The Morgan fingerprint density at radius 1 is 1.00 bits per heavy atom. The molecule has 1 amide bonds. The highest BCUT2D eigenvalue weighted by Crippen LogP contribution is 2.27. The Bertz CT molecular complexity index is 1440. The molecule has 0 aliphatic heterocycles. The van der Waals surface area contributed by atoms with Crippen molar-refractivity contribution in [3.8, 4) is 5.75 Å². The van der Waals surface area contributed by atoms with Crippen LogP contribution in [0.25, 0.3) is 10.9 Å². The van der Waals surface area contributed by atoms with Gasteiger partial charge >= 0.3 is 0 Å². The topological polar surface area (TPSA) is 106 Å². The van der Waals surface area contributed by atoms with Crippen molar-refractivity contribution in [2.75, 3.05) is 0 Å². The summed E-state index contributed by atoms with van der Waals surface area (Å²) in [4.78, 5) is 17.4. The number of nitrogens with zero attached hydrogens (tertiary/aromatic N) is 4. The van der Waals surface area contributed by atoms with Crippen LogP contribution in [0.15, 0.2) is 89.8 Å². The van der Waals surface area contributed by atoms with Crippen LogP contribution < -0.4 is 10.1 Å². The first-order chi connectivity index (χ1) is 17.6. The number of aromatic nitrogens is 5. The molecule has 36 heavy (non-hydrogen) atoms. The number of H-pyrrole nitrogens is 1. The number of benzene rings is 3. The van der Waals surface area contributed by atoms with Crippen LogP contribution in [-0.2, 0) is 17.2 Å². The van der Waals surface area contributed by atoms with Gasteiger partial charge in [0.25, 0.3) is 0 Å². The van der Waals surface area contributed by atoms with Gasteiger partial charge in [0, 0.05) is 23.0 Å². The van der Waals surface area contributed by atoms with Gasteiger partial charge in [-0.3, -0.25) is 4.79 Å². The Labute approximate surface area is 212 Å². The summed E-state index contributed by atoms with van der Waals surface area (Å²) in [5, 5.41) is 18.0. The zero-order chi connectivity index (χ0) is 24.7. The number of carbonyl (C=O) groups excluding carboxylic acids is 1. The Balaban J connectivity index is 1.15. The summed E-state index contributed by atoms with van der Waals surface area (Å²) in [5.41, 5.74) is 3.93. The molecular formula is C27H24N6O2S. The third-order valence-electron chi connectivity index (χ3n) is 5.55. The van der Waals surface area contributed by atoms with Crippen LogP contribution in [0.1, 0.15) is 35.6 Å². The van der Waals surface area contributed by atoms with Crippen LogP contribution in [0.5, 0.6) is 5.75 Å². The van der Waals surface area contributed by atoms with E-state index in [1.54, 1.807) is 11.8 Å². The van der Waals surface area contributed by atoms with E-state index in [-0.39, 0.29) is 5.91 Å². The summed E-state index contributed by atoms with van der Waals surface area (Å²) in [7, 11) is 0. The van der Waals surface area contributed by atoms with Crippen LogP contribution in [0.2, 0.25) is 0 Å². The van der Waals surface area contributed by atoms with E-state index < -0.39 is 6.04 Å². The number of para-hydroxylation sites is 1. The minimum Gasteiger partial charge on any atom is -0.487 e. The monoisotopic (exact) mass is 496 g/mol. The number of hydrogen-bond donors (Lipinski definition) is 2. The molecule has 2 heterocycles. The molecule has 9 heteroatoms. The molecule has 0 fully saturated rings. The SMILES string of the molecule is CC(=O)NC(c1ccc(CSc2ccc(OCc3ccc4ccccc4n3)cc2)cc1)c1nn[nH]n1. The largest absolute Gasteiger partial charge is 0.487 e. The molecule has 1 atom stereocenters. The molecule has 0 aliphatic carbocycles. The second kappa shape index (κ2) is 11.0. The van der Waals surface area contributed by atoms with Crippen molar-refractivity contribution in [3.05, 3.63) is 108 Å². The number of nitrogens with one attached hydrogen (secondary N) is 2. The Morgan fingerprint density at radius 2 is 1.81 bits per heavy atom. The summed E-state index contributed by atoms with van der Waals surface area (Å²) in [6.07, 6.45) is 0. The predicted molar refractivity (Wildman–Crippen MR) is 138 cm³/mol. The second-order valence-electron chi connectivity index (χ2n) is 8.19.